The molecule has 41 heavy (non-hydrogen) atoms. The van der Waals surface area contributed by atoms with Crippen molar-refractivity contribution in [3.63, 3.8) is 0 Å². The van der Waals surface area contributed by atoms with E-state index in [4.69, 9.17) is 4.98 Å². The molecule has 3 amide bonds. The van der Waals surface area contributed by atoms with Gasteiger partial charge in [-0.15, -0.1) is 0 Å². The third-order valence-electron chi connectivity index (χ3n) is 7.20. The number of para-hydroxylation sites is 1. The minimum absolute atomic E-state index is 0.0500. The van der Waals surface area contributed by atoms with Gasteiger partial charge in [0.15, 0.2) is 5.82 Å². The van der Waals surface area contributed by atoms with Crippen LogP contribution in [0.25, 0.3) is 11.3 Å². The fourth-order valence-electron chi connectivity index (χ4n) is 4.88. The molecule has 4 rings (SSSR count). The maximum absolute atomic E-state index is 15.0. The van der Waals surface area contributed by atoms with Crippen LogP contribution in [0.15, 0.2) is 36.4 Å². The van der Waals surface area contributed by atoms with Crippen LogP contribution in [0.5, 0.6) is 0 Å². The molecule has 0 spiro atoms. The molecule has 1 N–H and O–H groups in total. The molecule has 11 heteroatoms. The monoisotopic (exact) mass is 565 g/mol. The summed E-state index contributed by atoms with van der Waals surface area (Å²) in [4.78, 5) is 42.6. The maximum atomic E-state index is 15.0. The lowest BCUT2D eigenvalue weighted by Gasteiger charge is -2.32. The summed E-state index contributed by atoms with van der Waals surface area (Å²) in [6, 6.07) is 8.17. The van der Waals surface area contributed by atoms with Gasteiger partial charge in [-0.05, 0) is 77.7 Å². The first-order valence-corrected chi connectivity index (χ1v) is 13.8. The van der Waals surface area contributed by atoms with Crippen molar-refractivity contribution < 1.29 is 18.4 Å². The predicted octanol–water partition coefficient (Wildman–Crippen LogP) is 4.96. The van der Waals surface area contributed by atoms with Crippen molar-refractivity contribution in [1.82, 2.24) is 25.1 Å². The number of fused-ring (bicyclic) bond motifs is 1. The Morgan fingerprint density at radius 1 is 1.02 bits per heavy atom. The molecule has 2 aromatic carbocycles. The highest BCUT2D eigenvalue weighted by atomic mass is 19.1. The summed E-state index contributed by atoms with van der Waals surface area (Å²) >= 11 is 0. The number of urea groups is 1. The second kappa shape index (κ2) is 12.6. The van der Waals surface area contributed by atoms with Crippen LogP contribution in [-0.4, -0.2) is 79.0 Å². The molecule has 1 aliphatic heterocycles. The number of amides is 3. The number of carbonyl (C=O) groups is 2. The number of carbonyl (C=O) groups excluding carboxylic acids is 2. The molecule has 0 radical (unpaired) electrons. The van der Waals surface area contributed by atoms with E-state index in [0.717, 1.165) is 35.6 Å². The second-order valence-corrected chi connectivity index (χ2v) is 10.3. The van der Waals surface area contributed by atoms with E-state index in [2.05, 4.69) is 15.2 Å². The molecular formula is C30H37F2N7O2. The number of rotatable bonds is 10. The highest BCUT2D eigenvalue weighted by Gasteiger charge is 2.34. The Bertz CT molecular complexity index is 1420. The number of hydrogen-bond donors (Lipinski definition) is 1. The smallest absolute Gasteiger partial charge is 0.328 e. The standard InChI is InChI=1S/C30H37F2N7O2/c1-7-38(8-2)28(40)20-14-13-19(3)21(17-20)25-22-18-33-30(41)39(26-23(31)11-9-12-24(26)32)27(22)35-29(34-25)37(6)16-10-15-36(4)5/h9,11-14,17H,7-8,10,15-16,18H2,1-6H3,(H,33,41). The Hall–Kier alpha value is -4.12. The van der Waals surface area contributed by atoms with Gasteiger partial charge in [0.1, 0.15) is 17.3 Å². The molecule has 0 saturated heterocycles. The van der Waals surface area contributed by atoms with Crippen molar-refractivity contribution >= 4 is 29.4 Å². The normalized spacial score (nSPS) is 12.8. The van der Waals surface area contributed by atoms with E-state index in [1.165, 1.54) is 6.07 Å². The van der Waals surface area contributed by atoms with Crippen molar-refractivity contribution in [1.29, 1.82) is 0 Å². The lowest BCUT2D eigenvalue weighted by Crippen LogP contribution is -2.43. The number of aromatic nitrogens is 2. The van der Waals surface area contributed by atoms with Crippen LogP contribution < -0.4 is 15.1 Å². The van der Waals surface area contributed by atoms with Gasteiger partial charge >= 0.3 is 6.03 Å². The predicted molar refractivity (Wildman–Crippen MR) is 157 cm³/mol. The number of anilines is 3. The molecule has 1 aromatic heterocycles. The fraction of sp³-hybridized carbons (Fsp3) is 0.400. The van der Waals surface area contributed by atoms with Gasteiger partial charge in [0, 0.05) is 43.4 Å². The lowest BCUT2D eigenvalue weighted by molar-refractivity contribution is 0.0773. The van der Waals surface area contributed by atoms with Crippen LogP contribution in [0.2, 0.25) is 0 Å². The van der Waals surface area contributed by atoms with Gasteiger partial charge in [0.05, 0.1) is 12.2 Å². The zero-order chi connectivity index (χ0) is 29.8. The third kappa shape index (κ3) is 6.14. The Morgan fingerprint density at radius 3 is 2.34 bits per heavy atom. The van der Waals surface area contributed by atoms with Gasteiger partial charge in [-0.2, -0.15) is 4.98 Å². The quantitative estimate of drug-likeness (QED) is 0.374. The van der Waals surface area contributed by atoms with Crippen molar-refractivity contribution in [2.45, 2.75) is 33.7 Å². The van der Waals surface area contributed by atoms with E-state index in [9.17, 15) is 9.59 Å². The fourth-order valence-corrected chi connectivity index (χ4v) is 4.88. The molecule has 0 saturated carbocycles. The number of halogens is 2. The summed E-state index contributed by atoms with van der Waals surface area (Å²) in [5, 5.41) is 2.72. The SMILES string of the molecule is CCN(CC)C(=O)c1ccc(C)c(-c2nc(N(C)CCCN(C)C)nc3c2CNC(=O)N3c2c(F)cccc2F)c1. The zero-order valence-electron chi connectivity index (χ0n) is 24.5. The largest absolute Gasteiger partial charge is 0.344 e. The van der Waals surface area contributed by atoms with Crippen molar-refractivity contribution in [2.75, 3.05) is 57.1 Å². The minimum Gasteiger partial charge on any atom is -0.344 e. The highest BCUT2D eigenvalue weighted by molar-refractivity contribution is 6.02. The average molecular weight is 566 g/mol. The summed E-state index contributed by atoms with van der Waals surface area (Å²) < 4.78 is 30.0. The van der Waals surface area contributed by atoms with Crippen LogP contribution >= 0.6 is 0 Å². The molecule has 0 bridgehead atoms. The van der Waals surface area contributed by atoms with Crippen LogP contribution in [0.1, 0.15) is 41.8 Å². The van der Waals surface area contributed by atoms with Crippen molar-refractivity contribution in [3.8, 4) is 11.3 Å². The van der Waals surface area contributed by atoms with Crippen LogP contribution in [0, 0.1) is 18.6 Å². The Balaban J connectivity index is 1.93. The molecular weight excluding hydrogens is 528 g/mol. The number of nitrogens with zero attached hydrogens (tertiary/aromatic N) is 6. The Morgan fingerprint density at radius 2 is 1.71 bits per heavy atom. The van der Waals surface area contributed by atoms with Gasteiger partial charge in [-0.3, -0.25) is 4.79 Å². The van der Waals surface area contributed by atoms with Gasteiger partial charge in [0.2, 0.25) is 5.95 Å². The van der Waals surface area contributed by atoms with Crippen LogP contribution in [0.4, 0.5) is 31.0 Å². The molecule has 218 valence electrons. The number of nitrogens with one attached hydrogen (secondary N) is 1. The second-order valence-electron chi connectivity index (χ2n) is 10.3. The Labute approximate surface area is 239 Å². The maximum Gasteiger partial charge on any atom is 0.328 e. The molecule has 2 heterocycles. The van der Waals surface area contributed by atoms with E-state index in [-0.39, 0.29) is 18.3 Å². The van der Waals surface area contributed by atoms with Gasteiger partial charge in [0.25, 0.3) is 5.91 Å². The van der Waals surface area contributed by atoms with Gasteiger partial charge in [-0.1, -0.05) is 12.1 Å². The van der Waals surface area contributed by atoms with Gasteiger partial charge in [-0.25, -0.2) is 23.5 Å². The lowest BCUT2D eigenvalue weighted by atomic mass is 9.97. The zero-order valence-corrected chi connectivity index (χ0v) is 24.5. The van der Waals surface area contributed by atoms with Crippen molar-refractivity contribution in [2.24, 2.45) is 0 Å². The Kier molecular flexibility index (Phi) is 9.17. The molecule has 3 aromatic rings. The van der Waals surface area contributed by atoms with E-state index >= 15 is 8.78 Å². The first-order chi connectivity index (χ1) is 19.6. The number of aryl methyl sites for hydroxylation is 1. The molecule has 1 aliphatic rings. The van der Waals surface area contributed by atoms with E-state index in [0.29, 0.717) is 48.0 Å². The summed E-state index contributed by atoms with van der Waals surface area (Å²) in [6.45, 7) is 8.39. The minimum atomic E-state index is -0.892. The van der Waals surface area contributed by atoms with Crippen molar-refractivity contribution in [3.05, 3.63) is 64.7 Å². The van der Waals surface area contributed by atoms with E-state index in [1.54, 1.807) is 17.0 Å². The molecule has 9 nitrogen and oxygen atoms in total. The summed E-state index contributed by atoms with van der Waals surface area (Å²) in [7, 11) is 5.82. The third-order valence-corrected chi connectivity index (χ3v) is 7.20. The molecule has 0 aliphatic carbocycles. The molecule has 0 unspecified atom stereocenters. The first-order valence-electron chi connectivity index (χ1n) is 13.8. The number of hydrogen-bond acceptors (Lipinski definition) is 6. The number of benzene rings is 2. The summed E-state index contributed by atoms with van der Waals surface area (Å²) in [6.07, 6.45) is 0.818. The highest BCUT2D eigenvalue weighted by Crippen LogP contribution is 2.39. The first kappa shape index (κ1) is 29.9. The van der Waals surface area contributed by atoms with Crippen LogP contribution in [0.3, 0.4) is 0 Å². The van der Waals surface area contributed by atoms with E-state index in [1.807, 2.05) is 52.9 Å². The topological polar surface area (TPSA) is 84.9 Å². The van der Waals surface area contributed by atoms with E-state index < -0.39 is 23.4 Å². The van der Waals surface area contributed by atoms with Crippen LogP contribution in [-0.2, 0) is 6.54 Å². The van der Waals surface area contributed by atoms with Gasteiger partial charge < -0.3 is 20.0 Å². The molecule has 0 atom stereocenters. The average Bonchev–Trinajstić information content (AvgIpc) is 2.94. The summed E-state index contributed by atoms with van der Waals surface area (Å²) in [5.74, 6) is -1.50. The molecule has 0 fully saturated rings. The summed E-state index contributed by atoms with van der Waals surface area (Å²) in [5.41, 5.74) is 2.49.